The molecule has 2 aromatic heterocycles. The lowest BCUT2D eigenvalue weighted by Crippen LogP contribution is -2.34. The van der Waals surface area contributed by atoms with Gasteiger partial charge < -0.3 is 20.4 Å². The van der Waals surface area contributed by atoms with Crippen molar-refractivity contribution >= 4 is 17.6 Å². The van der Waals surface area contributed by atoms with E-state index in [0.717, 1.165) is 16.8 Å². The second-order valence-corrected chi connectivity index (χ2v) is 6.79. The van der Waals surface area contributed by atoms with E-state index in [9.17, 15) is 9.59 Å². The molecule has 2 aromatic carbocycles. The van der Waals surface area contributed by atoms with Crippen LogP contribution < -0.4 is 16.0 Å². The van der Waals surface area contributed by atoms with E-state index >= 15 is 0 Å². The van der Waals surface area contributed by atoms with Gasteiger partial charge in [0.2, 0.25) is 0 Å². The van der Waals surface area contributed by atoms with Crippen LogP contribution >= 0.6 is 0 Å². The quantitative estimate of drug-likeness (QED) is 0.428. The molecule has 0 unspecified atom stereocenters. The van der Waals surface area contributed by atoms with Gasteiger partial charge in [-0.2, -0.15) is 5.10 Å². The molecule has 4 aromatic rings. The monoisotopic (exact) mass is 415 g/mol. The van der Waals surface area contributed by atoms with Crippen LogP contribution in [0, 0.1) is 0 Å². The first kappa shape index (κ1) is 20.0. The molecule has 0 spiro atoms. The molecule has 8 nitrogen and oxygen atoms in total. The molecule has 0 radical (unpaired) electrons. The van der Waals surface area contributed by atoms with Crippen LogP contribution in [0.15, 0.2) is 89.8 Å². The Morgan fingerprint density at radius 2 is 1.68 bits per heavy atom. The maximum atomic E-state index is 12.2. The maximum absolute atomic E-state index is 12.2. The van der Waals surface area contributed by atoms with Crippen molar-refractivity contribution in [2.24, 2.45) is 0 Å². The fourth-order valence-electron chi connectivity index (χ4n) is 3.02. The summed E-state index contributed by atoms with van der Waals surface area (Å²) >= 11 is 0. The first-order valence-electron chi connectivity index (χ1n) is 9.72. The molecule has 0 saturated carbocycles. The number of nitrogens with zero attached hydrogens (tertiary/aromatic N) is 2. The highest BCUT2D eigenvalue weighted by molar-refractivity contribution is 6.02. The Morgan fingerprint density at radius 1 is 0.903 bits per heavy atom. The lowest BCUT2D eigenvalue weighted by Gasteiger charge is -2.10. The number of urea groups is 1. The summed E-state index contributed by atoms with van der Waals surface area (Å²) in [5.74, 6) is -0.0928. The predicted octanol–water partition coefficient (Wildman–Crippen LogP) is 3.72. The standard InChI is InChI=1S/C23H21N5O3/c29-22(21-9-3-12-31-21)27-19-7-1-5-17(13-19)15-24-23(30)25-16-18-6-2-8-20(14-18)28-11-4-10-26-28/h1-14H,15-16H2,(H,27,29)(H2,24,25,30). The minimum atomic E-state index is -0.329. The van der Waals surface area contributed by atoms with Gasteiger partial charge in [0.1, 0.15) is 0 Å². The number of carbonyl (C=O) groups excluding carboxylic acids is 2. The molecule has 0 aliphatic rings. The van der Waals surface area contributed by atoms with Crippen LogP contribution in [0.2, 0.25) is 0 Å². The van der Waals surface area contributed by atoms with Crippen LogP contribution in [-0.2, 0) is 13.1 Å². The normalized spacial score (nSPS) is 10.5. The minimum absolute atomic E-state index is 0.236. The number of hydrogen-bond acceptors (Lipinski definition) is 4. The van der Waals surface area contributed by atoms with Gasteiger partial charge in [-0.25, -0.2) is 9.48 Å². The van der Waals surface area contributed by atoms with E-state index in [1.54, 1.807) is 35.1 Å². The van der Waals surface area contributed by atoms with E-state index in [1.807, 2.05) is 48.7 Å². The smallest absolute Gasteiger partial charge is 0.315 e. The number of benzene rings is 2. The Balaban J connectivity index is 1.27. The molecule has 3 N–H and O–H groups in total. The minimum Gasteiger partial charge on any atom is -0.459 e. The van der Waals surface area contributed by atoms with Gasteiger partial charge in [-0.1, -0.05) is 24.3 Å². The molecule has 4 rings (SSSR count). The largest absolute Gasteiger partial charge is 0.459 e. The van der Waals surface area contributed by atoms with Gasteiger partial charge in [0.15, 0.2) is 5.76 Å². The van der Waals surface area contributed by atoms with Crippen molar-refractivity contribution in [3.05, 3.63) is 102 Å². The third-order valence-corrected chi connectivity index (χ3v) is 4.52. The molecule has 0 aliphatic carbocycles. The van der Waals surface area contributed by atoms with Gasteiger partial charge in [-0.3, -0.25) is 4.79 Å². The molecule has 156 valence electrons. The number of furan rings is 1. The topological polar surface area (TPSA) is 101 Å². The Kier molecular flexibility index (Phi) is 6.08. The number of anilines is 1. The number of nitrogens with one attached hydrogen (secondary N) is 3. The summed E-state index contributed by atoms with van der Waals surface area (Å²) in [5, 5.41) is 12.6. The van der Waals surface area contributed by atoms with Crippen LogP contribution in [0.4, 0.5) is 10.5 Å². The molecule has 0 bridgehead atoms. The molecule has 0 fully saturated rings. The van der Waals surface area contributed by atoms with Crippen LogP contribution in [0.5, 0.6) is 0 Å². The van der Waals surface area contributed by atoms with Crippen molar-refractivity contribution in [1.82, 2.24) is 20.4 Å². The Bertz CT molecular complexity index is 1150. The average Bonchev–Trinajstić information content (AvgIpc) is 3.51. The zero-order valence-electron chi connectivity index (χ0n) is 16.6. The first-order valence-corrected chi connectivity index (χ1v) is 9.72. The number of carbonyl (C=O) groups is 2. The lowest BCUT2D eigenvalue weighted by atomic mass is 10.2. The lowest BCUT2D eigenvalue weighted by molar-refractivity contribution is 0.0996. The first-order chi connectivity index (χ1) is 15.2. The van der Waals surface area contributed by atoms with Gasteiger partial charge in [0.25, 0.3) is 5.91 Å². The number of amides is 3. The van der Waals surface area contributed by atoms with E-state index in [0.29, 0.717) is 18.8 Å². The summed E-state index contributed by atoms with van der Waals surface area (Å²) in [6, 6.07) is 19.9. The number of aromatic nitrogens is 2. The fourth-order valence-corrected chi connectivity index (χ4v) is 3.02. The summed E-state index contributed by atoms with van der Waals surface area (Å²) in [4.78, 5) is 24.3. The zero-order chi connectivity index (χ0) is 21.5. The van der Waals surface area contributed by atoms with Gasteiger partial charge in [-0.05, 0) is 53.6 Å². The SMILES string of the molecule is O=C(NCc1cccc(NC(=O)c2ccco2)c1)NCc1cccc(-n2cccn2)c1. The van der Waals surface area contributed by atoms with Gasteiger partial charge >= 0.3 is 6.03 Å². The number of hydrogen-bond donors (Lipinski definition) is 3. The zero-order valence-corrected chi connectivity index (χ0v) is 16.6. The molecule has 8 heteroatoms. The van der Waals surface area contributed by atoms with Crippen molar-refractivity contribution in [1.29, 1.82) is 0 Å². The highest BCUT2D eigenvalue weighted by Gasteiger charge is 2.09. The predicted molar refractivity (Wildman–Crippen MR) is 116 cm³/mol. The van der Waals surface area contributed by atoms with E-state index < -0.39 is 0 Å². The summed E-state index contributed by atoms with van der Waals surface area (Å²) < 4.78 is 6.85. The Hall–Kier alpha value is -4.33. The van der Waals surface area contributed by atoms with Gasteiger partial charge in [-0.15, -0.1) is 0 Å². The summed E-state index contributed by atoms with van der Waals surface area (Å²) in [6.07, 6.45) is 5.03. The average molecular weight is 415 g/mol. The third kappa shape index (κ3) is 5.39. The Morgan fingerprint density at radius 3 is 2.39 bits per heavy atom. The van der Waals surface area contributed by atoms with Crippen molar-refractivity contribution in [3.63, 3.8) is 0 Å². The molecule has 0 atom stereocenters. The van der Waals surface area contributed by atoms with Crippen LogP contribution in [0.3, 0.4) is 0 Å². The second-order valence-electron chi connectivity index (χ2n) is 6.79. The molecule has 0 saturated heterocycles. The summed E-state index contributed by atoms with van der Waals surface area (Å²) in [6.45, 7) is 0.712. The molecule has 0 aliphatic heterocycles. The highest BCUT2D eigenvalue weighted by atomic mass is 16.3. The van der Waals surface area contributed by atoms with E-state index in [-0.39, 0.29) is 17.7 Å². The van der Waals surface area contributed by atoms with Gasteiger partial charge in [0.05, 0.1) is 12.0 Å². The van der Waals surface area contributed by atoms with Crippen LogP contribution in [0.1, 0.15) is 21.7 Å². The molecule has 31 heavy (non-hydrogen) atoms. The van der Waals surface area contributed by atoms with Crippen molar-refractivity contribution < 1.29 is 14.0 Å². The highest BCUT2D eigenvalue weighted by Crippen LogP contribution is 2.13. The molecule has 3 amide bonds. The van der Waals surface area contributed by atoms with Gasteiger partial charge in [0, 0.05) is 31.2 Å². The van der Waals surface area contributed by atoms with Crippen LogP contribution in [-0.4, -0.2) is 21.7 Å². The van der Waals surface area contributed by atoms with Crippen molar-refractivity contribution in [3.8, 4) is 5.69 Å². The van der Waals surface area contributed by atoms with Crippen molar-refractivity contribution in [2.75, 3.05) is 5.32 Å². The van der Waals surface area contributed by atoms with Crippen LogP contribution in [0.25, 0.3) is 5.69 Å². The maximum Gasteiger partial charge on any atom is 0.315 e. The molecular formula is C23H21N5O3. The van der Waals surface area contributed by atoms with Crippen molar-refractivity contribution in [2.45, 2.75) is 13.1 Å². The number of rotatable bonds is 7. The van der Waals surface area contributed by atoms with E-state index in [4.69, 9.17) is 4.42 Å². The second kappa shape index (κ2) is 9.45. The molecule has 2 heterocycles. The summed E-state index contributed by atoms with van der Waals surface area (Å²) in [5.41, 5.74) is 3.37. The fraction of sp³-hybridized carbons (Fsp3) is 0.0870. The summed E-state index contributed by atoms with van der Waals surface area (Å²) in [7, 11) is 0. The van der Waals surface area contributed by atoms with E-state index in [2.05, 4.69) is 21.0 Å². The Labute approximate surface area is 178 Å². The molecular weight excluding hydrogens is 394 g/mol. The third-order valence-electron chi connectivity index (χ3n) is 4.52. The van der Waals surface area contributed by atoms with E-state index in [1.165, 1.54) is 6.26 Å².